The van der Waals surface area contributed by atoms with Gasteiger partial charge in [0.15, 0.2) is 5.65 Å². The summed E-state index contributed by atoms with van der Waals surface area (Å²) >= 11 is 0. The van der Waals surface area contributed by atoms with Gasteiger partial charge < -0.3 is 15.3 Å². The molecule has 43 heavy (non-hydrogen) atoms. The second kappa shape index (κ2) is 11.5. The minimum atomic E-state index is -4.47. The number of pyridine rings is 2. The van der Waals surface area contributed by atoms with Crippen molar-refractivity contribution in [3.8, 4) is 0 Å². The number of fused-ring (bicyclic) bond motifs is 1. The number of amides is 1. The minimum Gasteiger partial charge on any atom is -0.393 e. The minimum absolute atomic E-state index is 0.000809. The molecule has 13 heteroatoms. The topological polar surface area (TPSA) is 122 Å². The lowest BCUT2D eigenvalue weighted by atomic mass is 9.92. The molecule has 2 N–H and O–H groups in total. The van der Waals surface area contributed by atoms with Crippen molar-refractivity contribution in [2.45, 2.75) is 76.6 Å². The van der Waals surface area contributed by atoms with Gasteiger partial charge in [0.1, 0.15) is 5.82 Å². The summed E-state index contributed by atoms with van der Waals surface area (Å²) in [7, 11) is 0. The molecule has 0 radical (unpaired) electrons. The van der Waals surface area contributed by atoms with Gasteiger partial charge in [-0.15, -0.1) is 0 Å². The molecule has 0 unspecified atom stereocenters. The number of alkyl halides is 3. The summed E-state index contributed by atoms with van der Waals surface area (Å²) in [5.74, 6) is 0.490. The lowest BCUT2D eigenvalue weighted by molar-refractivity contribution is -0.137. The first-order chi connectivity index (χ1) is 20.5. The Morgan fingerprint density at radius 3 is 2.28 bits per heavy atom. The number of aliphatic hydroxyl groups excluding tert-OH is 1. The van der Waals surface area contributed by atoms with Gasteiger partial charge in [0.05, 0.1) is 28.8 Å². The van der Waals surface area contributed by atoms with Gasteiger partial charge in [-0.25, -0.2) is 14.6 Å². The van der Waals surface area contributed by atoms with Gasteiger partial charge in [-0.1, -0.05) is 0 Å². The van der Waals surface area contributed by atoms with E-state index in [1.807, 2.05) is 35.6 Å². The van der Waals surface area contributed by atoms with E-state index >= 15 is 0 Å². The number of rotatable bonds is 5. The summed E-state index contributed by atoms with van der Waals surface area (Å²) < 4.78 is 40.8. The summed E-state index contributed by atoms with van der Waals surface area (Å²) in [6.45, 7) is 4.95. The lowest BCUT2D eigenvalue weighted by Crippen LogP contribution is -2.38. The number of hydrogen-bond donors (Lipinski definition) is 2. The average molecular weight is 595 g/mol. The Labute approximate surface area is 246 Å². The molecule has 4 aromatic heterocycles. The van der Waals surface area contributed by atoms with Crippen molar-refractivity contribution < 1.29 is 23.1 Å². The molecule has 10 nitrogen and oxygen atoms in total. The quantitative estimate of drug-likeness (QED) is 0.311. The van der Waals surface area contributed by atoms with E-state index in [4.69, 9.17) is 10.1 Å². The van der Waals surface area contributed by atoms with E-state index in [-0.39, 0.29) is 35.7 Å². The van der Waals surface area contributed by atoms with Gasteiger partial charge in [-0.3, -0.25) is 9.78 Å². The number of aryl methyl sites for hydroxylation is 2. The Morgan fingerprint density at radius 1 is 0.953 bits per heavy atom. The number of nitrogens with zero attached hydrogens (tertiary/aromatic N) is 7. The molecule has 4 aromatic rings. The predicted octanol–water partition coefficient (Wildman–Crippen LogP) is 5.49. The fourth-order valence-corrected chi connectivity index (χ4v) is 6.11. The zero-order valence-corrected chi connectivity index (χ0v) is 24.0. The second-order valence-electron chi connectivity index (χ2n) is 11.5. The van der Waals surface area contributed by atoms with Gasteiger partial charge >= 0.3 is 6.18 Å². The van der Waals surface area contributed by atoms with E-state index in [1.165, 1.54) is 6.07 Å². The van der Waals surface area contributed by atoms with Crippen LogP contribution in [0, 0.1) is 13.8 Å². The van der Waals surface area contributed by atoms with E-state index in [0.717, 1.165) is 60.4 Å². The highest BCUT2D eigenvalue weighted by molar-refractivity contribution is 5.94. The maximum atomic E-state index is 13.2. The van der Waals surface area contributed by atoms with E-state index in [0.29, 0.717) is 37.1 Å². The number of nitrogens with one attached hydrogen (secondary N) is 1. The fraction of sp³-hybridized carbons (Fsp3) is 0.467. The molecular formula is C30H33F3N8O2. The number of hydrogen-bond acceptors (Lipinski definition) is 8. The van der Waals surface area contributed by atoms with Crippen LogP contribution in [0.4, 0.5) is 24.9 Å². The third kappa shape index (κ3) is 6.17. The molecule has 226 valence electrons. The third-order valence-corrected chi connectivity index (χ3v) is 8.32. The number of anilines is 2. The smallest absolute Gasteiger partial charge is 0.393 e. The Kier molecular flexibility index (Phi) is 7.75. The molecule has 1 saturated heterocycles. The summed E-state index contributed by atoms with van der Waals surface area (Å²) in [6, 6.07) is 5.89. The second-order valence-corrected chi connectivity index (χ2v) is 11.5. The van der Waals surface area contributed by atoms with Crippen LogP contribution < -0.4 is 5.32 Å². The van der Waals surface area contributed by atoms with Crippen LogP contribution in [0.2, 0.25) is 0 Å². The first-order valence-electron chi connectivity index (χ1n) is 14.5. The summed E-state index contributed by atoms with van der Waals surface area (Å²) in [5.41, 5.74) is 2.94. The number of halogens is 3. The number of carbonyl (C=O) groups is 1. The molecule has 0 aromatic carbocycles. The normalized spacial score (nSPS) is 20.0. The van der Waals surface area contributed by atoms with E-state index < -0.39 is 11.7 Å². The largest absolute Gasteiger partial charge is 0.417 e. The molecule has 0 atom stereocenters. The molecule has 1 amide bonds. The van der Waals surface area contributed by atoms with Gasteiger partial charge in [-0.05, 0) is 76.6 Å². The molecule has 1 aliphatic carbocycles. The lowest BCUT2D eigenvalue weighted by Gasteiger charge is -2.31. The zero-order valence-electron chi connectivity index (χ0n) is 24.0. The molecule has 1 saturated carbocycles. The highest BCUT2D eigenvalue weighted by Gasteiger charge is 2.32. The van der Waals surface area contributed by atoms with Gasteiger partial charge in [0.25, 0.3) is 5.91 Å². The summed E-state index contributed by atoms with van der Waals surface area (Å²) in [5, 5.41) is 18.8. The first-order valence-corrected chi connectivity index (χ1v) is 14.5. The standard InChI is InChI=1S/C30H33F3N8O2/c1-17-13-20(14-18(2)36-17)28(43)40-11-9-19(10-12-40)26-24-16-35-29(37-25-8-3-21(15-34-25)30(31,32)33)38-27(24)41(39-26)22-4-6-23(42)7-5-22/h3,8,13-16,19,22-23,42H,4-7,9-12H2,1-2H3,(H,34,35,37,38). The van der Waals surface area contributed by atoms with E-state index in [9.17, 15) is 23.1 Å². The average Bonchev–Trinajstić information content (AvgIpc) is 3.35. The zero-order chi connectivity index (χ0) is 30.3. The van der Waals surface area contributed by atoms with Crippen LogP contribution in [0.25, 0.3) is 11.0 Å². The Morgan fingerprint density at radius 2 is 1.65 bits per heavy atom. The van der Waals surface area contributed by atoms with Crippen molar-refractivity contribution in [3.63, 3.8) is 0 Å². The molecular weight excluding hydrogens is 561 g/mol. The van der Waals surface area contributed by atoms with Crippen LogP contribution in [0.1, 0.15) is 83.5 Å². The number of aromatic nitrogens is 6. The van der Waals surface area contributed by atoms with Crippen molar-refractivity contribution in [3.05, 3.63) is 64.9 Å². The predicted molar refractivity (Wildman–Crippen MR) is 153 cm³/mol. The molecule has 5 heterocycles. The Bertz CT molecular complexity index is 1600. The molecule has 1 aliphatic heterocycles. The van der Waals surface area contributed by atoms with Crippen LogP contribution in [0.5, 0.6) is 0 Å². The fourth-order valence-electron chi connectivity index (χ4n) is 6.11. The van der Waals surface area contributed by atoms with Crippen LogP contribution in [0.15, 0.2) is 36.7 Å². The molecule has 0 spiro atoms. The maximum Gasteiger partial charge on any atom is 0.417 e. The van der Waals surface area contributed by atoms with Crippen molar-refractivity contribution in [1.29, 1.82) is 0 Å². The highest BCUT2D eigenvalue weighted by atomic mass is 19.4. The van der Waals surface area contributed by atoms with Crippen LogP contribution in [-0.4, -0.2) is 64.8 Å². The van der Waals surface area contributed by atoms with Gasteiger partial charge in [0.2, 0.25) is 5.95 Å². The van der Waals surface area contributed by atoms with Gasteiger partial charge in [-0.2, -0.15) is 23.3 Å². The van der Waals surface area contributed by atoms with Crippen LogP contribution in [0.3, 0.4) is 0 Å². The number of aliphatic hydroxyl groups is 1. The summed E-state index contributed by atoms with van der Waals surface area (Å²) in [4.78, 5) is 32.5. The monoisotopic (exact) mass is 594 g/mol. The third-order valence-electron chi connectivity index (χ3n) is 8.32. The first kappa shape index (κ1) is 29.0. The van der Waals surface area contributed by atoms with Crippen molar-refractivity contribution >= 4 is 28.7 Å². The van der Waals surface area contributed by atoms with Crippen molar-refractivity contribution in [1.82, 2.24) is 34.6 Å². The van der Waals surface area contributed by atoms with Gasteiger partial charge in [0, 0.05) is 48.4 Å². The van der Waals surface area contributed by atoms with Crippen LogP contribution in [-0.2, 0) is 6.18 Å². The van der Waals surface area contributed by atoms with E-state index in [2.05, 4.69) is 20.3 Å². The van der Waals surface area contributed by atoms with Crippen molar-refractivity contribution in [2.75, 3.05) is 18.4 Å². The molecule has 0 bridgehead atoms. The number of likely N-dealkylation sites (tertiary alicyclic amines) is 1. The number of carbonyl (C=O) groups excluding carboxylic acids is 1. The molecule has 6 rings (SSSR count). The Balaban J connectivity index is 1.25. The summed E-state index contributed by atoms with van der Waals surface area (Å²) in [6.07, 6.45) is 1.98. The van der Waals surface area contributed by atoms with Crippen LogP contribution >= 0.6 is 0 Å². The van der Waals surface area contributed by atoms with Crippen molar-refractivity contribution in [2.24, 2.45) is 0 Å². The SMILES string of the molecule is Cc1cc(C(=O)N2CCC(c3nn(C4CCC(O)CC4)c4nc(Nc5ccc(C(F)(F)F)cn5)ncc34)CC2)cc(C)n1. The highest BCUT2D eigenvalue weighted by Crippen LogP contribution is 2.37. The number of piperidine rings is 1. The molecule has 2 fully saturated rings. The maximum absolute atomic E-state index is 13.2. The van der Waals surface area contributed by atoms with E-state index in [1.54, 1.807) is 6.20 Å². The Hall–Kier alpha value is -4.13. The molecule has 2 aliphatic rings.